The van der Waals surface area contributed by atoms with Crippen LogP contribution in [0.1, 0.15) is 11.1 Å². The third-order valence-electron chi connectivity index (χ3n) is 5.11. The van der Waals surface area contributed by atoms with Gasteiger partial charge in [-0.15, -0.1) is 0 Å². The fourth-order valence-corrected chi connectivity index (χ4v) is 4.25. The van der Waals surface area contributed by atoms with Crippen molar-refractivity contribution >= 4 is 52.2 Å². The van der Waals surface area contributed by atoms with Crippen molar-refractivity contribution in [2.75, 3.05) is 19.0 Å². The summed E-state index contributed by atoms with van der Waals surface area (Å²) in [4.78, 5) is 38.6. The molecular weight excluding hydrogens is 561 g/mol. The molecule has 1 heterocycles. The van der Waals surface area contributed by atoms with Crippen molar-refractivity contribution in [1.29, 1.82) is 0 Å². The first-order valence-electron chi connectivity index (χ1n) is 10.7. The fourth-order valence-electron chi connectivity index (χ4n) is 3.47. The first kappa shape index (κ1) is 24.3. The highest BCUT2D eigenvalue weighted by Crippen LogP contribution is 2.35. The second kappa shape index (κ2) is 11.0. The lowest BCUT2D eigenvalue weighted by Gasteiger charge is -2.14. The molecule has 1 aliphatic heterocycles. The zero-order valence-electron chi connectivity index (χ0n) is 18.8. The number of rotatable bonds is 8. The normalized spacial score (nSPS) is 14.1. The molecule has 8 nitrogen and oxygen atoms in total. The number of benzene rings is 3. The Morgan fingerprint density at radius 2 is 1.74 bits per heavy atom. The topological polar surface area (TPSA) is 97.0 Å². The van der Waals surface area contributed by atoms with E-state index in [2.05, 4.69) is 33.2 Å². The lowest BCUT2D eigenvalue weighted by atomic mass is 10.1. The van der Waals surface area contributed by atoms with Gasteiger partial charge in [0.15, 0.2) is 18.1 Å². The zero-order chi connectivity index (χ0) is 24.8. The summed E-state index contributed by atoms with van der Waals surface area (Å²) in [5.74, 6) is 0.0869. The maximum atomic E-state index is 12.8. The van der Waals surface area contributed by atoms with Crippen LogP contribution in [0.3, 0.4) is 0 Å². The monoisotopic (exact) mass is 583 g/mol. The number of ether oxygens (including phenoxy) is 2. The molecule has 1 saturated heterocycles. The average Bonchev–Trinajstić information content (AvgIpc) is 3.11. The first-order chi connectivity index (χ1) is 16.9. The van der Waals surface area contributed by atoms with Crippen molar-refractivity contribution < 1.29 is 23.9 Å². The number of hydrogen-bond acceptors (Lipinski definition) is 5. The number of methoxy groups -OCH3 is 1. The SMILES string of the molecule is COc1cc(/C=C2/NC(=O)N(Cc3ccccc3)C2=O)cc(I)c1OCC(=O)Nc1ccccc1. The van der Waals surface area contributed by atoms with E-state index in [-0.39, 0.29) is 24.8 Å². The number of nitrogens with zero attached hydrogens (tertiary/aromatic N) is 1. The number of carbonyl (C=O) groups is 3. The number of anilines is 1. The third-order valence-corrected chi connectivity index (χ3v) is 5.92. The molecule has 0 saturated carbocycles. The van der Waals surface area contributed by atoms with Gasteiger partial charge in [0, 0.05) is 5.69 Å². The number of nitrogens with one attached hydrogen (secondary N) is 2. The maximum absolute atomic E-state index is 12.8. The molecular formula is C26H22IN3O5. The number of carbonyl (C=O) groups excluding carboxylic acids is 3. The number of amides is 4. The lowest BCUT2D eigenvalue weighted by Crippen LogP contribution is -2.30. The van der Waals surface area contributed by atoms with Crippen molar-refractivity contribution in [3.8, 4) is 11.5 Å². The van der Waals surface area contributed by atoms with Crippen molar-refractivity contribution in [2.24, 2.45) is 0 Å². The Morgan fingerprint density at radius 3 is 2.43 bits per heavy atom. The predicted molar refractivity (Wildman–Crippen MR) is 140 cm³/mol. The second-order valence-electron chi connectivity index (χ2n) is 7.60. The second-order valence-corrected chi connectivity index (χ2v) is 8.76. The predicted octanol–water partition coefficient (Wildman–Crippen LogP) is 4.41. The Bertz CT molecular complexity index is 1280. The summed E-state index contributed by atoms with van der Waals surface area (Å²) in [5, 5.41) is 5.39. The first-order valence-corrected chi connectivity index (χ1v) is 11.8. The van der Waals surface area contributed by atoms with Crippen molar-refractivity contribution in [1.82, 2.24) is 10.2 Å². The summed E-state index contributed by atoms with van der Waals surface area (Å²) in [6.07, 6.45) is 1.59. The van der Waals surface area contributed by atoms with Crippen LogP contribution in [0.2, 0.25) is 0 Å². The number of para-hydroxylation sites is 1. The molecule has 178 valence electrons. The number of halogens is 1. The molecule has 1 fully saturated rings. The summed E-state index contributed by atoms with van der Waals surface area (Å²) in [5.41, 5.74) is 2.33. The van der Waals surface area contributed by atoms with Crippen LogP contribution in [0.15, 0.2) is 78.5 Å². The van der Waals surface area contributed by atoms with Crippen molar-refractivity contribution in [2.45, 2.75) is 6.54 Å². The number of urea groups is 1. The van der Waals surface area contributed by atoms with E-state index in [4.69, 9.17) is 9.47 Å². The minimum Gasteiger partial charge on any atom is -0.493 e. The maximum Gasteiger partial charge on any atom is 0.329 e. The highest BCUT2D eigenvalue weighted by atomic mass is 127. The van der Waals surface area contributed by atoms with Gasteiger partial charge in [-0.25, -0.2) is 4.79 Å². The van der Waals surface area contributed by atoms with Crippen LogP contribution in [0.4, 0.5) is 10.5 Å². The minimum absolute atomic E-state index is 0.166. The Morgan fingerprint density at radius 1 is 1.06 bits per heavy atom. The molecule has 0 unspecified atom stereocenters. The molecule has 0 atom stereocenters. The molecule has 3 aromatic rings. The highest BCUT2D eigenvalue weighted by Gasteiger charge is 2.33. The fraction of sp³-hybridized carbons (Fsp3) is 0.115. The summed E-state index contributed by atoms with van der Waals surface area (Å²) in [6, 6.07) is 21.4. The number of imide groups is 1. The Kier molecular flexibility index (Phi) is 7.66. The number of hydrogen-bond donors (Lipinski definition) is 2. The summed E-state index contributed by atoms with van der Waals surface area (Å²) in [7, 11) is 1.49. The van der Waals surface area contributed by atoms with Gasteiger partial charge in [-0.3, -0.25) is 14.5 Å². The molecule has 35 heavy (non-hydrogen) atoms. The Balaban J connectivity index is 1.47. The van der Waals surface area contributed by atoms with E-state index >= 15 is 0 Å². The molecule has 1 aliphatic rings. The Hall–Kier alpha value is -3.86. The van der Waals surface area contributed by atoms with Gasteiger partial charge in [0.2, 0.25) is 0 Å². The van der Waals surface area contributed by atoms with Crippen LogP contribution in [0.5, 0.6) is 11.5 Å². The molecule has 0 radical (unpaired) electrons. The van der Waals surface area contributed by atoms with Crippen molar-refractivity contribution in [3.05, 3.63) is 93.2 Å². The van der Waals surface area contributed by atoms with Crippen LogP contribution in [0.25, 0.3) is 6.08 Å². The van der Waals surface area contributed by atoms with Crippen LogP contribution in [-0.4, -0.2) is 36.5 Å². The Labute approximate surface area is 216 Å². The van der Waals surface area contributed by atoms with E-state index in [1.54, 1.807) is 30.3 Å². The zero-order valence-corrected chi connectivity index (χ0v) is 20.9. The van der Waals surface area contributed by atoms with Gasteiger partial charge in [0.05, 0.1) is 17.2 Å². The minimum atomic E-state index is -0.476. The van der Waals surface area contributed by atoms with E-state index in [1.807, 2.05) is 48.5 Å². The van der Waals surface area contributed by atoms with Gasteiger partial charge in [-0.1, -0.05) is 48.5 Å². The van der Waals surface area contributed by atoms with Gasteiger partial charge in [0.1, 0.15) is 5.70 Å². The van der Waals surface area contributed by atoms with E-state index < -0.39 is 11.9 Å². The van der Waals surface area contributed by atoms with E-state index in [9.17, 15) is 14.4 Å². The van der Waals surface area contributed by atoms with E-state index in [0.29, 0.717) is 26.3 Å². The van der Waals surface area contributed by atoms with Gasteiger partial charge in [-0.05, 0) is 64.1 Å². The van der Waals surface area contributed by atoms with Crippen LogP contribution in [0, 0.1) is 3.57 Å². The lowest BCUT2D eigenvalue weighted by molar-refractivity contribution is -0.123. The van der Waals surface area contributed by atoms with Crippen LogP contribution >= 0.6 is 22.6 Å². The molecule has 0 spiro atoms. The highest BCUT2D eigenvalue weighted by molar-refractivity contribution is 14.1. The molecule has 4 amide bonds. The standard InChI is InChI=1S/C26H22IN3O5/c1-34-22-14-18(12-20(27)24(22)35-16-23(31)28-19-10-6-3-7-11-19)13-21-25(32)30(26(33)29-21)15-17-8-4-2-5-9-17/h2-14H,15-16H2,1H3,(H,28,31)(H,29,33)/b21-13+. The smallest absolute Gasteiger partial charge is 0.329 e. The van der Waals surface area contributed by atoms with Gasteiger partial charge in [-0.2, -0.15) is 0 Å². The molecule has 3 aromatic carbocycles. The van der Waals surface area contributed by atoms with E-state index in [0.717, 1.165) is 10.5 Å². The molecule has 0 aromatic heterocycles. The molecule has 9 heteroatoms. The molecule has 0 bridgehead atoms. The summed E-state index contributed by atoms with van der Waals surface area (Å²) < 4.78 is 11.9. The molecule has 4 rings (SSSR count). The van der Waals surface area contributed by atoms with E-state index in [1.165, 1.54) is 7.11 Å². The van der Waals surface area contributed by atoms with Gasteiger partial charge >= 0.3 is 6.03 Å². The summed E-state index contributed by atoms with van der Waals surface area (Å²) in [6.45, 7) is -0.0216. The average molecular weight is 583 g/mol. The molecule has 2 N–H and O–H groups in total. The van der Waals surface area contributed by atoms with Gasteiger partial charge in [0.25, 0.3) is 11.8 Å². The largest absolute Gasteiger partial charge is 0.493 e. The van der Waals surface area contributed by atoms with Crippen LogP contribution in [-0.2, 0) is 16.1 Å². The third kappa shape index (κ3) is 5.99. The quantitative estimate of drug-likeness (QED) is 0.233. The van der Waals surface area contributed by atoms with Gasteiger partial charge < -0.3 is 20.1 Å². The van der Waals surface area contributed by atoms with Crippen LogP contribution < -0.4 is 20.1 Å². The molecule has 0 aliphatic carbocycles. The summed E-state index contributed by atoms with van der Waals surface area (Å²) >= 11 is 2.07. The van der Waals surface area contributed by atoms with Crippen molar-refractivity contribution in [3.63, 3.8) is 0 Å².